The number of carbonyl (C=O) groups is 1. The zero-order valence-electron chi connectivity index (χ0n) is 18.5. The van der Waals surface area contributed by atoms with E-state index in [0.717, 1.165) is 5.56 Å². The Morgan fingerprint density at radius 2 is 1.59 bits per heavy atom. The van der Waals surface area contributed by atoms with E-state index in [0.29, 0.717) is 28.3 Å². The summed E-state index contributed by atoms with van der Waals surface area (Å²) in [5, 5.41) is 2.82. The van der Waals surface area contributed by atoms with Crippen molar-refractivity contribution in [3.63, 3.8) is 0 Å². The summed E-state index contributed by atoms with van der Waals surface area (Å²) < 4.78 is 37.7. The van der Waals surface area contributed by atoms with E-state index in [4.69, 9.17) is 9.47 Å². The molecule has 0 saturated carbocycles. The number of benzene rings is 3. The number of hydrogen-bond donors (Lipinski definition) is 1. The summed E-state index contributed by atoms with van der Waals surface area (Å²) >= 11 is 0. The van der Waals surface area contributed by atoms with E-state index in [1.807, 2.05) is 6.92 Å². The van der Waals surface area contributed by atoms with Crippen LogP contribution in [0.5, 0.6) is 11.5 Å². The predicted molar refractivity (Wildman–Crippen MR) is 124 cm³/mol. The van der Waals surface area contributed by atoms with Crippen molar-refractivity contribution >= 4 is 21.6 Å². The highest BCUT2D eigenvalue weighted by Gasteiger charge is 2.22. The highest BCUT2D eigenvalue weighted by molar-refractivity contribution is 7.89. The first kappa shape index (κ1) is 23.3. The molecule has 8 heteroatoms. The standard InChI is InChI=1S/C24H26N2O5S/c1-17-5-12-22(13-6-17)32(28,29)26(2)16-19-15-18(7-14-23(19)31-4)24(27)25-20-8-10-21(30-3)11-9-20/h5-15H,16H2,1-4H3,(H,25,27). The average molecular weight is 455 g/mol. The van der Waals surface area contributed by atoms with Crippen LogP contribution in [0.15, 0.2) is 71.6 Å². The highest BCUT2D eigenvalue weighted by atomic mass is 32.2. The molecule has 168 valence electrons. The van der Waals surface area contributed by atoms with E-state index in [1.54, 1.807) is 73.8 Å². The van der Waals surface area contributed by atoms with Crippen LogP contribution in [0.25, 0.3) is 0 Å². The number of methoxy groups -OCH3 is 2. The molecule has 0 unspecified atom stereocenters. The zero-order valence-corrected chi connectivity index (χ0v) is 19.3. The van der Waals surface area contributed by atoms with Crippen molar-refractivity contribution in [2.45, 2.75) is 18.4 Å². The van der Waals surface area contributed by atoms with Gasteiger partial charge in [0.15, 0.2) is 0 Å². The predicted octanol–water partition coefficient (Wildman–Crippen LogP) is 4.09. The third-order valence-electron chi connectivity index (χ3n) is 5.01. The molecule has 0 spiro atoms. The Balaban J connectivity index is 1.82. The van der Waals surface area contributed by atoms with Crippen LogP contribution < -0.4 is 14.8 Å². The third-order valence-corrected chi connectivity index (χ3v) is 6.83. The van der Waals surface area contributed by atoms with E-state index in [-0.39, 0.29) is 17.3 Å². The molecule has 1 amide bonds. The van der Waals surface area contributed by atoms with Crippen LogP contribution in [-0.4, -0.2) is 39.9 Å². The lowest BCUT2D eigenvalue weighted by Crippen LogP contribution is -2.27. The number of aryl methyl sites for hydroxylation is 1. The minimum Gasteiger partial charge on any atom is -0.497 e. The Bertz CT molecular complexity index is 1190. The van der Waals surface area contributed by atoms with Gasteiger partial charge < -0.3 is 14.8 Å². The summed E-state index contributed by atoms with van der Waals surface area (Å²) in [6.07, 6.45) is 0. The van der Waals surface area contributed by atoms with Gasteiger partial charge >= 0.3 is 0 Å². The normalized spacial score (nSPS) is 11.3. The van der Waals surface area contributed by atoms with Gasteiger partial charge in [-0.3, -0.25) is 4.79 Å². The Morgan fingerprint density at radius 1 is 0.938 bits per heavy atom. The third kappa shape index (κ3) is 5.27. The number of ether oxygens (including phenoxy) is 2. The molecule has 7 nitrogen and oxygen atoms in total. The minimum absolute atomic E-state index is 0.0447. The number of hydrogen-bond acceptors (Lipinski definition) is 5. The van der Waals surface area contributed by atoms with Crippen LogP contribution in [0.1, 0.15) is 21.5 Å². The van der Waals surface area contributed by atoms with Gasteiger partial charge in [-0.1, -0.05) is 17.7 Å². The van der Waals surface area contributed by atoms with Crippen LogP contribution in [0.3, 0.4) is 0 Å². The quantitative estimate of drug-likeness (QED) is 0.554. The number of nitrogens with one attached hydrogen (secondary N) is 1. The number of anilines is 1. The number of sulfonamides is 1. The average Bonchev–Trinajstić information content (AvgIpc) is 2.79. The first-order chi connectivity index (χ1) is 15.2. The molecule has 0 aliphatic rings. The van der Waals surface area contributed by atoms with Gasteiger partial charge in [-0.25, -0.2) is 8.42 Å². The Kier molecular flexibility index (Phi) is 7.17. The molecule has 3 aromatic rings. The molecule has 0 aliphatic carbocycles. The molecule has 0 radical (unpaired) electrons. The molecule has 0 heterocycles. The Morgan fingerprint density at radius 3 is 2.19 bits per heavy atom. The second kappa shape index (κ2) is 9.84. The maximum Gasteiger partial charge on any atom is 0.255 e. The molecule has 0 aromatic heterocycles. The molecular formula is C24H26N2O5S. The van der Waals surface area contributed by atoms with Crippen molar-refractivity contribution in [2.24, 2.45) is 0 Å². The first-order valence-corrected chi connectivity index (χ1v) is 11.3. The molecule has 0 atom stereocenters. The second-order valence-corrected chi connectivity index (χ2v) is 9.33. The Labute approximate surface area is 188 Å². The van der Waals surface area contributed by atoms with E-state index in [1.165, 1.54) is 18.5 Å². The number of rotatable bonds is 8. The largest absolute Gasteiger partial charge is 0.497 e. The monoisotopic (exact) mass is 454 g/mol. The summed E-state index contributed by atoms with van der Waals surface area (Å²) in [6.45, 7) is 1.94. The first-order valence-electron chi connectivity index (χ1n) is 9.90. The minimum atomic E-state index is -3.70. The van der Waals surface area contributed by atoms with Crippen molar-refractivity contribution in [3.8, 4) is 11.5 Å². The maximum atomic E-state index is 13.0. The van der Waals surface area contributed by atoms with Gasteiger partial charge in [0.05, 0.1) is 19.1 Å². The van der Waals surface area contributed by atoms with Crippen molar-refractivity contribution in [2.75, 3.05) is 26.6 Å². The molecule has 3 aromatic carbocycles. The van der Waals surface area contributed by atoms with Gasteiger partial charge in [0.25, 0.3) is 5.91 Å². The second-order valence-electron chi connectivity index (χ2n) is 7.28. The van der Waals surface area contributed by atoms with Crippen molar-refractivity contribution in [3.05, 3.63) is 83.4 Å². The Hall–Kier alpha value is -3.36. The molecule has 1 N–H and O–H groups in total. The fourth-order valence-electron chi connectivity index (χ4n) is 3.14. The van der Waals surface area contributed by atoms with Gasteiger partial charge in [0, 0.05) is 30.4 Å². The number of carbonyl (C=O) groups excluding carboxylic acids is 1. The molecule has 0 saturated heterocycles. The summed E-state index contributed by atoms with van der Waals surface area (Å²) in [4.78, 5) is 12.9. The number of nitrogens with zero attached hydrogens (tertiary/aromatic N) is 1. The summed E-state index contributed by atoms with van der Waals surface area (Å²) in [5.41, 5.74) is 2.56. The van der Waals surface area contributed by atoms with Crippen LogP contribution in [-0.2, 0) is 16.6 Å². The number of amides is 1. The lowest BCUT2D eigenvalue weighted by Gasteiger charge is -2.19. The van der Waals surface area contributed by atoms with Crippen molar-refractivity contribution in [1.29, 1.82) is 0 Å². The molecule has 32 heavy (non-hydrogen) atoms. The van der Waals surface area contributed by atoms with Gasteiger partial charge in [-0.15, -0.1) is 0 Å². The van der Waals surface area contributed by atoms with Gasteiger partial charge in [0.2, 0.25) is 10.0 Å². The molecule has 0 aliphatic heterocycles. The fraction of sp³-hybridized carbons (Fsp3) is 0.208. The fourth-order valence-corrected chi connectivity index (χ4v) is 4.29. The van der Waals surface area contributed by atoms with E-state index >= 15 is 0 Å². The van der Waals surface area contributed by atoms with Crippen LogP contribution in [0.4, 0.5) is 5.69 Å². The van der Waals surface area contributed by atoms with Crippen LogP contribution in [0, 0.1) is 6.92 Å². The van der Waals surface area contributed by atoms with Gasteiger partial charge in [-0.05, 0) is 61.5 Å². The lowest BCUT2D eigenvalue weighted by molar-refractivity contribution is 0.102. The molecule has 0 fully saturated rings. The SMILES string of the molecule is COc1ccc(NC(=O)c2ccc(OC)c(CN(C)S(=O)(=O)c3ccc(C)cc3)c2)cc1. The summed E-state index contributed by atoms with van der Waals surface area (Å²) in [6, 6.07) is 18.6. The van der Waals surface area contributed by atoms with Crippen molar-refractivity contribution in [1.82, 2.24) is 4.31 Å². The van der Waals surface area contributed by atoms with Crippen LogP contribution in [0.2, 0.25) is 0 Å². The molecular weight excluding hydrogens is 428 g/mol. The van der Waals surface area contributed by atoms with Gasteiger partial charge in [0.1, 0.15) is 11.5 Å². The highest BCUT2D eigenvalue weighted by Crippen LogP contribution is 2.25. The van der Waals surface area contributed by atoms with Crippen LogP contribution >= 0.6 is 0 Å². The summed E-state index contributed by atoms with van der Waals surface area (Å²) in [5.74, 6) is 0.868. The zero-order chi connectivity index (χ0) is 23.3. The summed E-state index contributed by atoms with van der Waals surface area (Å²) in [7, 11) is 0.873. The van der Waals surface area contributed by atoms with E-state index < -0.39 is 10.0 Å². The van der Waals surface area contributed by atoms with E-state index in [9.17, 15) is 13.2 Å². The van der Waals surface area contributed by atoms with Gasteiger partial charge in [-0.2, -0.15) is 4.31 Å². The smallest absolute Gasteiger partial charge is 0.255 e. The maximum absolute atomic E-state index is 13.0. The molecule has 0 bridgehead atoms. The van der Waals surface area contributed by atoms with Crippen molar-refractivity contribution < 1.29 is 22.7 Å². The molecule has 3 rings (SSSR count). The topological polar surface area (TPSA) is 84.9 Å². The lowest BCUT2D eigenvalue weighted by atomic mass is 10.1. The van der Waals surface area contributed by atoms with E-state index in [2.05, 4.69) is 5.32 Å².